The van der Waals surface area contributed by atoms with E-state index in [1.54, 1.807) is 33.3 Å². The quantitative estimate of drug-likeness (QED) is 0.570. The van der Waals surface area contributed by atoms with Crippen LogP contribution in [-0.2, 0) is 14.8 Å². The number of rotatable bonds is 7. The van der Waals surface area contributed by atoms with Crippen molar-refractivity contribution in [2.45, 2.75) is 58.5 Å². The number of benzene rings is 2. The number of amides is 1. The van der Waals surface area contributed by atoms with Gasteiger partial charge in [0.2, 0.25) is 15.9 Å². The Kier molecular flexibility index (Phi) is 6.85. The van der Waals surface area contributed by atoms with Crippen LogP contribution in [0, 0.1) is 27.7 Å². The molecule has 1 aromatic heterocycles. The lowest BCUT2D eigenvalue weighted by atomic mass is 10.0. The van der Waals surface area contributed by atoms with E-state index in [0.29, 0.717) is 11.1 Å². The molecule has 0 aliphatic carbocycles. The number of aryl methyl sites for hydroxylation is 2. The zero-order chi connectivity index (χ0) is 23.6. The molecule has 0 fully saturated rings. The second-order valence-electron chi connectivity index (χ2n) is 8.22. The molecule has 0 radical (unpaired) electrons. The first-order chi connectivity index (χ1) is 15.0. The van der Waals surface area contributed by atoms with Crippen molar-refractivity contribution < 1.29 is 13.2 Å². The lowest BCUT2D eigenvalue weighted by Gasteiger charge is -2.21. The molecule has 7 nitrogen and oxygen atoms in total. The third-order valence-corrected chi connectivity index (χ3v) is 7.66. The van der Waals surface area contributed by atoms with E-state index in [2.05, 4.69) is 15.0 Å². The summed E-state index contributed by atoms with van der Waals surface area (Å²) in [4.78, 5) is 17.0. The van der Waals surface area contributed by atoms with Crippen LogP contribution in [0.3, 0.4) is 0 Å². The van der Waals surface area contributed by atoms with Crippen LogP contribution >= 0.6 is 0 Å². The number of aromatic nitrogens is 2. The molecule has 170 valence electrons. The van der Waals surface area contributed by atoms with E-state index in [1.165, 1.54) is 0 Å². The highest BCUT2D eigenvalue weighted by molar-refractivity contribution is 7.89. The van der Waals surface area contributed by atoms with Crippen LogP contribution < -0.4 is 10.0 Å². The Bertz CT molecular complexity index is 1190. The molecule has 3 aromatic rings. The van der Waals surface area contributed by atoms with Gasteiger partial charge in [-0.05, 0) is 81.5 Å². The first kappa shape index (κ1) is 23.7. The van der Waals surface area contributed by atoms with Crippen LogP contribution in [0.1, 0.15) is 47.7 Å². The van der Waals surface area contributed by atoms with E-state index in [1.807, 2.05) is 61.9 Å². The van der Waals surface area contributed by atoms with Gasteiger partial charge in [0.05, 0.1) is 23.3 Å². The Labute approximate surface area is 189 Å². The Morgan fingerprint density at radius 2 is 1.59 bits per heavy atom. The van der Waals surface area contributed by atoms with Crippen LogP contribution in [0.25, 0.3) is 5.69 Å². The highest BCUT2D eigenvalue weighted by Crippen LogP contribution is 2.26. The summed E-state index contributed by atoms with van der Waals surface area (Å²) in [5, 5.41) is 2.89. The smallest absolute Gasteiger partial charge is 0.241 e. The molecule has 8 heteroatoms. The maximum atomic E-state index is 13.1. The van der Waals surface area contributed by atoms with Gasteiger partial charge < -0.3 is 9.88 Å². The number of nitrogens with zero attached hydrogens (tertiary/aromatic N) is 2. The van der Waals surface area contributed by atoms with Crippen molar-refractivity contribution in [1.29, 1.82) is 0 Å². The minimum atomic E-state index is -3.86. The molecule has 2 aromatic carbocycles. The number of carbonyl (C=O) groups is 1. The Balaban J connectivity index is 1.71. The zero-order valence-corrected chi connectivity index (χ0v) is 20.1. The van der Waals surface area contributed by atoms with Crippen molar-refractivity contribution in [1.82, 2.24) is 19.6 Å². The predicted molar refractivity (Wildman–Crippen MR) is 125 cm³/mol. The van der Waals surface area contributed by atoms with Gasteiger partial charge in [-0.2, -0.15) is 4.72 Å². The molecule has 2 N–H and O–H groups in total. The zero-order valence-electron chi connectivity index (χ0n) is 19.3. The molecular weight excluding hydrogens is 424 g/mol. The summed E-state index contributed by atoms with van der Waals surface area (Å²) in [5.74, 6) is -0.389. The van der Waals surface area contributed by atoms with Gasteiger partial charge in [0.1, 0.15) is 0 Å². The molecule has 0 spiro atoms. The normalized spacial score (nSPS) is 13.6. The standard InChI is InChI=1S/C24H30N4O3S/c1-15-13-16(2)18(4)23(17(15)3)32(30,31)27-20(6)24(29)26-19(5)21-7-9-22(10-8-21)28-12-11-25-14-28/h7-14,19-20,27H,1-6H3,(H,26,29)/t19-,20+/m0/s1. The first-order valence-corrected chi connectivity index (χ1v) is 12.0. The molecule has 2 atom stereocenters. The number of nitrogens with one attached hydrogen (secondary N) is 2. The number of sulfonamides is 1. The molecule has 0 unspecified atom stereocenters. The summed E-state index contributed by atoms with van der Waals surface area (Å²) >= 11 is 0. The first-order valence-electron chi connectivity index (χ1n) is 10.5. The van der Waals surface area contributed by atoms with E-state index >= 15 is 0 Å². The summed E-state index contributed by atoms with van der Waals surface area (Å²) < 4.78 is 30.6. The van der Waals surface area contributed by atoms with Crippen molar-refractivity contribution in [2.24, 2.45) is 0 Å². The lowest BCUT2D eigenvalue weighted by Crippen LogP contribution is -2.45. The minimum Gasteiger partial charge on any atom is -0.348 e. The van der Waals surface area contributed by atoms with Crippen LogP contribution in [0.15, 0.2) is 53.9 Å². The van der Waals surface area contributed by atoms with E-state index < -0.39 is 16.1 Å². The third kappa shape index (κ3) is 4.92. The van der Waals surface area contributed by atoms with Gasteiger partial charge in [0.15, 0.2) is 0 Å². The second-order valence-corrected chi connectivity index (χ2v) is 9.88. The fourth-order valence-electron chi connectivity index (χ4n) is 3.70. The monoisotopic (exact) mass is 454 g/mol. The van der Waals surface area contributed by atoms with Crippen molar-refractivity contribution >= 4 is 15.9 Å². The second kappa shape index (κ2) is 9.26. The summed E-state index contributed by atoms with van der Waals surface area (Å²) in [7, 11) is -3.86. The minimum absolute atomic E-state index is 0.248. The molecule has 0 aliphatic rings. The highest BCUT2D eigenvalue weighted by Gasteiger charge is 2.27. The Morgan fingerprint density at radius 3 is 2.12 bits per heavy atom. The third-order valence-electron chi connectivity index (χ3n) is 5.85. The van der Waals surface area contributed by atoms with Crippen molar-refractivity contribution in [3.63, 3.8) is 0 Å². The number of imidazole rings is 1. The number of carbonyl (C=O) groups excluding carboxylic acids is 1. The molecule has 1 amide bonds. The number of hydrogen-bond donors (Lipinski definition) is 2. The van der Waals surface area contributed by atoms with Gasteiger partial charge in [0.25, 0.3) is 0 Å². The average Bonchev–Trinajstić information content (AvgIpc) is 3.27. The van der Waals surface area contributed by atoms with Crippen molar-refractivity contribution in [2.75, 3.05) is 0 Å². The van der Waals surface area contributed by atoms with Crippen LogP contribution in [-0.4, -0.2) is 29.9 Å². The summed E-state index contributed by atoms with van der Waals surface area (Å²) in [6.07, 6.45) is 5.28. The highest BCUT2D eigenvalue weighted by atomic mass is 32.2. The van der Waals surface area contributed by atoms with Gasteiger partial charge in [0, 0.05) is 18.1 Å². The fraction of sp³-hybridized carbons (Fsp3) is 0.333. The fourth-order valence-corrected chi connectivity index (χ4v) is 5.52. The molecule has 0 bridgehead atoms. The molecule has 1 heterocycles. The van der Waals surface area contributed by atoms with Gasteiger partial charge in [-0.15, -0.1) is 0 Å². The molecule has 0 aliphatic heterocycles. The van der Waals surface area contributed by atoms with Gasteiger partial charge >= 0.3 is 0 Å². The maximum absolute atomic E-state index is 13.1. The molecule has 32 heavy (non-hydrogen) atoms. The van der Waals surface area contributed by atoms with Crippen LogP contribution in [0.2, 0.25) is 0 Å². The largest absolute Gasteiger partial charge is 0.348 e. The van der Waals surface area contributed by atoms with E-state index in [0.717, 1.165) is 22.4 Å². The van der Waals surface area contributed by atoms with Gasteiger partial charge in [-0.25, -0.2) is 13.4 Å². The van der Waals surface area contributed by atoms with E-state index in [9.17, 15) is 13.2 Å². The summed E-state index contributed by atoms with van der Waals surface area (Å²) in [6.45, 7) is 10.8. The molecular formula is C24H30N4O3S. The maximum Gasteiger partial charge on any atom is 0.241 e. The predicted octanol–water partition coefficient (Wildman–Crippen LogP) is 3.65. The van der Waals surface area contributed by atoms with Crippen LogP contribution in [0.5, 0.6) is 0 Å². The SMILES string of the molecule is Cc1cc(C)c(C)c(S(=O)(=O)N[C@H](C)C(=O)N[C@@H](C)c2ccc(-n3ccnc3)cc2)c1C. The topological polar surface area (TPSA) is 93.1 Å². The molecule has 0 saturated carbocycles. The molecule has 3 rings (SSSR count). The Morgan fingerprint density at radius 1 is 1.00 bits per heavy atom. The average molecular weight is 455 g/mol. The summed E-state index contributed by atoms with van der Waals surface area (Å²) in [6, 6.07) is 8.51. The van der Waals surface area contributed by atoms with Crippen molar-refractivity contribution in [3.8, 4) is 5.69 Å². The lowest BCUT2D eigenvalue weighted by molar-refractivity contribution is -0.123. The summed E-state index contributed by atoms with van der Waals surface area (Å²) in [5.41, 5.74) is 5.07. The van der Waals surface area contributed by atoms with Crippen molar-refractivity contribution in [3.05, 3.63) is 76.9 Å². The number of hydrogen-bond acceptors (Lipinski definition) is 4. The van der Waals surface area contributed by atoms with Crippen LogP contribution in [0.4, 0.5) is 0 Å². The van der Waals surface area contributed by atoms with Gasteiger partial charge in [-0.1, -0.05) is 18.2 Å². The van der Waals surface area contributed by atoms with E-state index in [4.69, 9.17) is 0 Å². The Hall–Kier alpha value is -2.97. The van der Waals surface area contributed by atoms with E-state index in [-0.39, 0.29) is 16.8 Å². The molecule has 0 saturated heterocycles. The van der Waals surface area contributed by atoms with Gasteiger partial charge in [-0.3, -0.25) is 4.79 Å².